The third kappa shape index (κ3) is 1960. The molecule has 0 bridgehead atoms. The van der Waals surface area contributed by atoms with Crippen molar-refractivity contribution in [1.82, 2.24) is 0 Å². The van der Waals surface area contributed by atoms with E-state index in [0.717, 1.165) is 20.8 Å². The standard InChI is InChI=1S/3C2H4O2.2Eu.3H2O/c3*1-2(3)4;;;;;/h3*1H3,(H,3,4);;;3*1H2/q;;;2*+3;;;/p-6. The third-order valence-corrected chi connectivity index (χ3v) is 0. The molecule has 0 aliphatic carbocycles. The minimum Gasteiger partial charge on any atom is -0.870 e. The Kier molecular flexibility index (Phi) is 131. The van der Waals surface area contributed by atoms with E-state index in [-0.39, 0.29) is 115 Å². The maximum Gasteiger partial charge on any atom is 3.00 e. The largest absolute Gasteiger partial charge is 3.00 e. The minimum absolute atomic E-state index is 0. The molecular weight excluding hydrogens is 520 g/mol. The molecule has 0 unspecified atom stereocenters. The molecule has 0 radical (unpaired) electrons. The molecule has 0 aromatic carbocycles. The maximum atomic E-state index is 8.89. The van der Waals surface area contributed by atoms with Crippen LogP contribution in [0.15, 0.2) is 0 Å². The van der Waals surface area contributed by atoms with Gasteiger partial charge in [-0.2, -0.15) is 0 Å². The van der Waals surface area contributed by atoms with Gasteiger partial charge in [-0.25, -0.2) is 0 Å². The summed E-state index contributed by atoms with van der Waals surface area (Å²) in [7, 11) is 0. The molecular formula is C6H12Eu2O9. The van der Waals surface area contributed by atoms with Gasteiger partial charge < -0.3 is 46.1 Å². The summed E-state index contributed by atoms with van der Waals surface area (Å²) < 4.78 is 0. The van der Waals surface area contributed by atoms with Crippen molar-refractivity contribution in [3.63, 3.8) is 0 Å². The fourth-order valence-corrected chi connectivity index (χ4v) is 0. The molecule has 0 saturated carbocycles. The number of hydrogen-bond acceptors (Lipinski definition) is 9. The molecule has 0 heterocycles. The van der Waals surface area contributed by atoms with Gasteiger partial charge in [-0.15, -0.1) is 0 Å². The van der Waals surface area contributed by atoms with Gasteiger partial charge in [0.05, 0.1) is 0 Å². The van der Waals surface area contributed by atoms with Crippen LogP contribution >= 0.6 is 0 Å². The fraction of sp³-hybridized carbons (Fsp3) is 0.500. The summed E-state index contributed by atoms with van der Waals surface area (Å²) in [6.45, 7) is 2.92. The predicted molar refractivity (Wildman–Crippen MR) is 37.9 cm³/mol. The quantitative estimate of drug-likeness (QED) is 0.295. The molecule has 0 amide bonds. The molecule has 0 aromatic rings. The first-order chi connectivity index (χ1) is 5.20. The van der Waals surface area contributed by atoms with Crippen molar-refractivity contribution in [1.29, 1.82) is 0 Å². The zero-order valence-corrected chi connectivity index (χ0v) is 13.9. The Bertz CT molecular complexity index is 121. The Morgan fingerprint density at radius 3 is 0.588 bits per heavy atom. The first-order valence-electron chi connectivity index (χ1n) is 2.72. The van der Waals surface area contributed by atoms with E-state index in [1.165, 1.54) is 0 Å². The second kappa shape index (κ2) is 43.2. The Labute approximate surface area is 180 Å². The van der Waals surface area contributed by atoms with E-state index in [2.05, 4.69) is 0 Å². The fourth-order valence-electron chi connectivity index (χ4n) is 0. The van der Waals surface area contributed by atoms with Crippen LogP contribution in [0.2, 0.25) is 0 Å². The summed E-state index contributed by atoms with van der Waals surface area (Å²) in [6, 6.07) is 0. The van der Waals surface area contributed by atoms with Crippen molar-refractivity contribution < 1.29 is 145 Å². The van der Waals surface area contributed by atoms with Crippen molar-refractivity contribution >= 4 is 17.9 Å². The predicted octanol–water partition coefficient (Wildman–Crippen LogP) is -4.26. The van der Waals surface area contributed by atoms with E-state index in [1.807, 2.05) is 0 Å². The first-order valence-corrected chi connectivity index (χ1v) is 2.72. The normalized spacial score (nSPS) is 4.41. The van der Waals surface area contributed by atoms with Gasteiger partial charge in [-0.05, 0) is 20.8 Å². The van der Waals surface area contributed by atoms with Crippen LogP contribution in [0.5, 0.6) is 0 Å². The van der Waals surface area contributed by atoms with Crippen LogP contribution < -0.4 is 15.3 Å². The summed E-state index contributed by atoms with van der Waals surface area (Å²) in [5, 5.41) is 26.7. The van der Waals surface area contributed by atoms with Crippen LogP contribution in [0.4, 0.5) is 0 Å². The number of carbonyl (C=O) groups is 3. The number of carbonyl (C=O) groups excluding carboxylic acids is 3. The average molecular weight is 532 g/mol. The summed E-state index contributed by atoms with van der Waals surface area (Å²) in [5.74, 6) is -3.25. The van der Waals surface area contributed by atoms with E-state index in [0.29, 0.717) is 0 Å². The molecule has 0 fully saturated rings. The van der Waals surface area contributed by atoms with Crippen molar-refractivity contribution in [3.8, 4) is 0 Å². The van der Waals surface area contributed by atoms with Crippen LogP contribution in [-0.2, 0) is 14.4 Å². The van der Waals surface area contributed by atoms with Crippen molar-refractivity contribution in [2.75, 3.05) is 0 Å². The number of aliphatic carboxylic acids is 3. The maximum absolute atomic E-state index is 8.89. The van der Waals surface area contributed by atoms with E-state index < -0.39 is 17.9 Å². The van der Waals surface area contributed by atoms with E-state index in [1.54, 1.807) is 0 Å². The molecule has 0 spiro atoms. The first kappa shape index (κ1) is 51.4. The third-order valence-electron chi connectivity index (χ3n) is 0. The Hall–Kier alpha value is 1.46. The SMILES string of the molecule is CC(=O)[O-].CC(=O)[O-].CC(=O)[O-].[Eu+3].[Eu+3].[OH-].[OH-].[OH-]. The van der Waals surface area contributed by atoms with Crippen molar-refractivity contribution in [2.24, 2.45) is 0 Å². The molecule has 104 valence electrons. The van der Waals surface area contributed by atoms with Gasteiger partial charge in [0, 0.05) is 17.9 Å². The van der Waals surface area contributed by atoms with Crippen LogP contribution in [-0.4, -0.2) is 34.3 Å². The van der Waals surface area contributed by atoms with Gasteiger partial charge in [0.25, 0.3) is 0 Å². The molecule has 0 aliphatic rings. The minimum atomic E-state index is -1.08. The monoisotopic (exact) mass is 534 g/mol. The number of carboxylic acids is 3. The molecule has 0 rings (SSSR count). The zero-order valence-electron chi connectivity index (χ0n) is 9.05. The molecule has 3 N–H and O–H groups in total. The van der Waals surface area contributed by atoms with Crippen LogP contribution in [0.3, 0.4) is 0 Å². The molecule has 17 heavy (non-hydrogen) atoms. The molecule has 0 aliphatic heterocycles. The molecule has 0 aromatic heterocycles. The average Bonchev–Trinajstić information content (AvgIpc) is 1.54. The van der Waals surface area contributed by atoms with Crippen LogP contribution in [0, 0.1) is 98.8 Å². The zero-order chi connectivity index (χ0) is 10.7. The summed E-state index contributed by atoms with van der Waals surface area (Å²) in [4.78, 5) is 26.7. The van der Waals surface area contributed by atoms with Gasteiger partial charge >= 0.3 is 98.8 Å². The topological polar surface area (TPSA) is 210 Å². The molecule has 11 heteroatoms. The van der Waals surface area contributed by atoms with Crippen LogP contribution in [0.25, 0.3) is 0 Å². The Morgan fingerprint density at radius 1 is 0.588 bits per heavy atom. The Balaban J connectivity index is -0.0000000104. The molecule has 0 saturated heterocycles. The van der Waals surface area contributed by atoms with Gasteiger partial charge in [0.2, 0.25) is 0 Å². The van der Waals surface area contributed by atoms with Gasteiger partial charge in [0.15, 0.2) is 0 Å². The Morgan fingerprint density at radius 2 is 0.588 bits per heavy atom. The van der Waals surface area contributed by atoms with Gasteiger partial charge in [0.1, 0.15) is 0 Å². The van der Waals surface area contributed by atoms with Gasteiger partial charge in [-0.1, -0.05) is 0 Å². The molecule has 0 atom stereocenters. The second-order valence-corrected chi connectivity index (χ2v) is 1.47. The summed E-state index contributed by atoms with van der Waals surface area (Å²) in [5.41, 5.74) is 0. The number of carboxylic acid groups (broad SMARTS) is 3. The van der Waals surface area contributed by atoms with E-state index >= 15 is 0 Å². The van der Waals surface area contributed by atoms with Crippen molar-refractivity contribution in [3.05, 3.63) is 0 Å². The summed E-state index contributed by atoms with van der Waals surface area (Å²) >= 11 is 0. The second-order valence-electron chi connectivity index (χ2n) is 1.47. The van der Waals surface area contributed by atoms with E-state index in [4.69, 9.17) is 29.7 Å². The number of hydrogen-bond donors (Lipinski definition) is 0. The molecule has 9 nitrogen and oxygen atoms in total. The van der Waals surface area contributed by atoms with E-state index in [9.17, 15) is 0 Å². The van der Waals surface area contributed by atoms with Crippen molar-refractivity contribution in [2.45, 2.75) is 20.8 Å². The van der Waals surface area contributed by atoms with Crippen LogP contribution in [0.1, 0.15) is 20.8 Å². The summed E-state index contributed by atoms with van der Waals surface area (Å²) in [6.07, 6.45) is 0. The number of rotatable bonds is 0. The van der Waals surface area contributed by atoms with Gasteiger partial charge in [-0.3, -0.25) is 0 Å². The smallest absolute Gasteiger partial charge is 0.870 e.